The number of benzene rings is 2. The molecule has 21 heavy (non-hydrogen) atoms. The molecule has 3 aromatic rings. The van der Waals surface area contributed by atoms with E-state index in [1.807, 2.05) is 37.3 Å². The molecular formula is C17H14O4. The largest absolute Gasteiger partial charge is 0.488 e. The van der Waals surface area contributed by atoms with Crippen LogP contribution in [-0.2, 0) is 6.61 Å². The topological polar surface area (TPSA) is 59.7 Å². The van der Waals surface area contributed by atoms with Crippen LogP contribution in [-0.4, -0.2) is 11.1 Å². The molecule has 106 valence electrons. The van der Waals surface area contributed by atoms with Crippen molar-refractivity contribution < 1.29 is 19.1 Å². The Labute approximate surface area is 121 Å². The van der Waals surface area contributed by atoms with Gasteiger partial charge in [0, 0.05) is 10.9 Å². The van der Waals surface area contributed by atoms with Gasteiger partial charge in [0.2, 0.25) is 0 Å². The van der Waals surface area contributed by atoms with Gasteiger partial charge in [-0.15, -0.1) is 0 Å². The highest BCUT2D eigenvalue weighted by atomic mass is 16.5. The van der Waals surface area contributed by atoms with Gasteiger partial charge in [-0.1, -0.05) is 30.3 Å². The first-order chi connectivity index (χ1) is 10.2. The molecule has 4 heteroatoms. The first-order valence-corrected chi connectivity index (χ1v) is 6.57. The molecule has 0 unspecified atom stereocenters. The molecule has 0 saturated heterocycles. The van der Waals surface area contributed by atoms with E-state index in [1.165, 1.54) is 6.07 Å². The molecule has 0 aliphatic heterocycles. The number of hydrogen-bond donors (Lipinski definition) is 1. The van der Waals surface area contributed by atoms with Crippen molar-refractivity contribution in [2.24, 2.45) is 0 Å². The second-order valence-electron chi connectivity index (χ2n) is 4.80. The average Bonchev–Trinajstić information content (AvgIpc) is 2.89. The smallest absolute Gasteiger partial charge is 0.339 e. The number of carboxylic acids is 1. The molecule has 1 aromatic heterocycles. The van der Waals surface area contributed by atoms with Crippen LogP contribution in [0.5, 0.6) is 5.75 Å². The summed E-state index contributed by atoms with van der Waals surface area (Å²) >= 11 is 0. The molecular weight excluding hydrogens is 268 g/mol. The SMILES string of the molecule is Cc1ccccc1OCc1coc2c(C(=O)O)cccc12. The molecule has 0 amide bonds. The summed E-state index contributed by atoms with van der Waals surface area (Å²) in [7, 11) is 0. The Morgan fingerprint density at radius 3 is 2.76 bits per heavy atom. The lowest BCUT2D eigenvalue weighted by Crippen LogP contribution is -1.98. The molecule has 0 atom stereocenters. The molecule has 0 saturated carbocycles. The van der Waals surface area contributed by atoms with Crippen LogP contribution in [0.25, 0.3) is 11.0 Å². The van der Waals surface area contributed by atoms with Crippen molar-refractivity contribution in [2.75, 3.05) is 0 Å². The second kappa shape index (κ2) is 5.32. The molecule has 0 radical (unpaired) electrons. The molecule has 2 aromatic carbocycles. The van der Waals surface area contributed by atoms with Crippen molar-refractivity contribution >= 4 is 16.9 Å². The minimum absolute atomic E-state index is 0.162. The summed E-state index contributed by atoms with van der Waals surface area (Å²) in [6.07, 6.45) is 1.55. The number of fused-ring (bicyclic) bond motifs is 1. The highest BCUT2D eigenvalue weighted by Crippen LogP contribution is 2.26. The van der Waals surface area contributed by atoms with Gasteiger partial charge in [-0.05, 0) is 24.6 Å². The van der Waals surface area contributed by atoms with Crippen molar-refractivity contribution in [3.8, 4) is 5.75 Å². The van der Waals surface area contributed by atoms with Crippen LogP contribution in [0.2, 0.25) is 0 Å². The van der Waals surface area contributed by atoms with Crippen LogP contribution in [0.3, 0.4) is 0 Å². The lowest BCUT2D eigenvalue weighted by Gasteiger charge is -2.07. The zero-order valence-electron chi connectivity index (χ0n) is 11.5. The normalized spacial score (nSPS) is 10.7. The standard InChI is InChI=1S/C17H14O4/c1-11-5-2-3-8-15(11)20-9-12-10-21-16-13(12)6-4-7-14(16)17(18)19/h2-8,10H,9H2,1H3,(H,18,19). The number of carboxylic acid groups (broad SMARTS) is 1. The number of para-hydroxylation sites is 2. The number of aryl methyl sites for hydroxylation is 1. The van der Waals surface area contributed by atoms with Crippen molar-refractivity contribution in [1.82, 2.24) is 0 Å². The summed E-state index contributed by atoms with van der Waals surface area (Å²) in [6.45, 7) is 2.31. The summed E-state index contributed by atoms with van der Waals surface area (Å²) < 4.78 is 11.2. The Bertz CT molecular complexity index is 801. The van der Waals surface area contributed by atoms with E-state index in [4.69, 9.17) is 14.3 Å². The lowest BCUT2D eigenvalue weighted by molar-refractivity contribution is 0.0698. The number of ether oxygens (including phenoxy) is 1. The minimum Gasteiger partial charge on any atom is -0.488 e. The van der Waals surface area contributed by atoms with Gasteiger partial charge in [0.1, 0.15) is 23.5 Å². The van der Waals surface area contributed by atoms with Gasteiger partial charge in [-0.2, -0.15) is 0 Å². The van der Waals surface area contributed by atoms with Crippen molar-refractivity contribution in [3.63, 3.8) is 0 Å². The van der Waals surface area contributed by atoms with E-state index < -0.39 is 5.97 Å². The highest BCUT2D eigenvalue weighted by Gasteiger charge is 2.14. The number of hydrogen-bond acceptors (Lipinski definition) is 3. The van der Waals surface area contributed by atoms with E-state index in [0.29, 0.717) is 12.2 Å². The monoisotopic (exact) mass is 282 g/mol. The summed E-state index contributed by atoms with van der Waals surface area (Å²) in [4.78, 5) is 11.2. The highest BCUT2D eigenvalue weighted by molar-refractivity contribution is 6.01. The average molecular weight is 282 g/mol. The summed E-state index contributed by atoms with van der Waals surface area (Å²) in [5.74, 6) is -0.192. The Morgan fingerprint density at radius 1 is 1.19 bits per heavy atom. The maximum absolute atomic E-state index is 11.2. The quantitative estimate of drug-likeness (QED) is 0.785. The van der Waals surface area contributed by atoms with Gasteiger partial charge in [0.15, 0.2) is 0 Å². The molecule has 0 aliphatic rings. The third-order valence-corrected chi connectivity index (χ3v) is 3.39. The van der Waals surface area contributed by atoms with Crippen molar-refractivity contribution in [2.45, 2.75) is 13.5 Å². The Balaban J connectivity index is 1.90. The maximum Gasteiger partial charge on any atom is 0.339 e. The lowest BCUT2D eigenvalue weighted by atomic mass is 10.1. The summed E-state index contributed by atoms with van der Waals surface area (Å²) in [6, 6.07) is 12.8. The molecule has 0 spiro atoms. The fourth-order valence-electron chi connectivity index (χ4n) is 2.26. The molecule has 1 N–H and O–H groups in total. The van der Waals surface area contributed by atoms with Crippen LogP contribution >= 0.6 is 0 Å². The van der Waals surface area contributed by atoms with Crippen LogP contribution in [0.4, 0.5) is 0 Å². The fraction of sp³-hybridized carbons (Fsp3) is 0.118. The van der Waals surface area contributed by atoms with E-state index >= 15 is 0 Å². The second-order valence-corrected chi connectivity index (χ2v) is 4.80. The van der Waals surface area contributed by atoms with Crippen molar-refractivity contribution in [3.05, 3.63) is 65.4 Å². The molecule has 3 rings (SSSR count). The number of rotatable bonds is 4. The number of carbonyl (C=O) groups is 1. The third kappa shape index (κ3) is 2.48. The van der Waals surface area contributed by atoms with E-state index in [0.717, 1.165) is 22.3 Å². The number of aromatic carboxylic acids is 1. The van der Waals surface area contributed by atoms with E-state index in [2.05, 4.69) is 0 Å². The molecule has 0 bridgehead atoms. The van der Waals surface area contributed by atoms with E-state index in [-0.39, 0.29) is 5.56 Å². The van der Waals surface area contributed by atoms with Gasteiger partial charge in [-0.3, -0.25) is 0 Å². The van der Waals surface area contributed by atoms with Gasteiger partial charge in [0.05, 0.1) is 6.26 Å². The van der Waals surface area contributed by atoms with Crippen LogP contribution in [0.15, 0.2) is 53.1 Å². The van der Waals surface area contributed by atoms with Crippen LogP contribution in [0, 0.1) is 6.92 Å². The minimum atomic E-state index is -0.999. The zero-order chi connectivity index (χ0) is 14.8. The summed E-state index contributed by atoms with van der Waals surface area (Å²) in [5.41, 5.74) is 2.43. The maximum atomic E-state index is 11.2. The van der Waals surface area contributed by atoms with Crippen molar-refractivity contribution in [1.29, 1.82) is 0 Å². The predicted octanol–water partition coefficient (Wildman–Crippen LogP) is 4.02. The molecule has 4 nitrogen and oxygen atoms in total. The summed E-state index contributed by atoms with van der Waals surface area (Å²) in [5, 5.41) is 9.91. The number of furan rings is 1. The van der Waals surface area contributed by atoms with Gasteiger partial charge < -0.3 is 14.3 Å². The Kier molecular flexibility index (Phi) is 3.36. The van der Waals surface area contributed by atoms with Gasteiger partial charge in [-0.25, -0.2) is 4.79 Å². The predicted molar refractivity (Wildman–Crippen MR) is 78.7 cm³/mol. The molecule has 0 fully saturated rings. The first kappa shape index (κ1) is 13.2. The Morgan fingerprint density at radius 2 is 2.00 bits per heavy atom. The van der Waals surface area contributed by atoms with E-state index in [9.17, 15) is 4.79 Å². The first-order valence-electron chi connectivity index (χ1n) is 6.57. The zero-order valence-corrected chi connectivity index (χ0v) is 11.5. The van der Waals surface area contributed by atoms with Gasteiger partial charge in [0.25, 0.3) is 0 Å². The van der Waals surface area contributed by atoms with Gasteiger partial charge >= 0.3 is 5.97 Å². The Hall–Kier alpha value is -2.75. The van der Waals surface area contributed by atoms with E-state index in [1.54, 1.807) is 12.3 Å². The molecule has 0 aliphatic carbocycles. The van der Waals surface area contributed by atoms with Crippen LogP contribution in [0.1, 0.15) is 21.5 Å². The van der Waals surface area contributed by atoms with Crippen LogP contribution < -0.4 is 4.74 Å². The molecule has 1 heterocycles. The fourth-order valence-corrected chi connectivity index (χ4v) is 2.26. The third-order valence-electron chi connectivity index (χ3n) is 3.39.